The molecule has 0 saturated carbocycles. The number of aliphatic hydroxyl groups is 1. The van der Waals surface area contributed by atoms with Gasteiger partial charge < -0.3 is 15.0 Å². The molecule has 5 nitrogen and oxygen atoms in total. The van der Waals surface area contributed by atoms with Gasteiger partial charge >= 0.3 is 0 Å². The summed E-state index contributed by atoms with van der Waals surface area (Å²) < 4.78 is 0.378. The highest BCUT2D eigenvalue weighted by Gasteiger charge is 2.14. The molecule has 0 saturated heterocycles. The number of rotatable bonds is 3. The fourth-order valence-electron chi connectivity index (χ4n) is 0.951. The molecule has 1 aromatic rings. The minimum absolute atomic E-state index is 0.0113. The fourth-order valence-corrected chi connectivity index (χ4v) is 1.45. The fraction of sp³-hybridized carbons (Fsp3) is 0.500. The van der Waals surface area contributed by atoms with Crippen molar-refractivity contribution >= 4 is 21.7 Å². The lowest BCUT2D eigenvalue weighted by Gasteiger charge is -2.24. The summed E-state index contributed by atoms with van der Waals surface area (Å²) in [4.78, 5) is 19.4. The maximum Gasteiger partial charge on any atom is 0.267 e. The van der Waals surface area contributed by atoms with E-state index in [-0.39, 0.29) is 18.2 Å². The zero-order valence-electron chi connectivity index (χ0n) is 7.99. The quantitative estimate of drug-likeness (QED) is 0.824. The van der Waals surface area contributed by atoms with E-state index in [4.69, 9.17) is 5.11 Å². The van der Waals surface area contributed by atoms with Crippen molar-refractivity contribution in [2.45, 2.75) is 13.0 Å². The van der Waals surface area contributed by atoms with E-state index in [0.717, 1.165) is 0 Å². The van der Waals surface area contributed by atoms with E-state index in [1.165, 1.54) is 6.33 Å². The average Bonchev–Trinajstić information content (AvgIpc) is 2.20. The van der Waals surface area contributed by atoms with Gasteiger partial charge in [0.25, 0.3) is 5.56 Å². The molecule has 1 rings (SSSR count). The van der Waals surface area contributed by atoms with Gasteiger partial charge in [-0.05, 0) is 22.9 Å². The van der Waals surface area contributed by atoms with Gasteiger partial charge in [0.1, 0.15) is 10.3 Å². The van der Waals surface area contributed by atoms with Crippen molar-refractivity contribution < 1.29 is 5.11 Å². The van der Waals surface area contributed by atoms with Crippen LogP contribution in [0, 0.1) is 0 Å². The Hall–Kier alpha value is -0.880. The number of aromatic nitrogens is 2. The van der Waals surface area contributed by atoms with Crippen LogP contribution in [0.15, 0.2) is 15.6 Å². The van der Waals surface area contributed by atoms with Crippen molar-refractivity contribution in [1.29, 1.82) is 0 Å². The number of H-pyrrole nitrogens is 1. The first kappa shape index (κ1) is 11.2. The van der Waals surface area contributed by atoms with E-state index in [1.54, 1.807) is 11.9 Å². The molecular formula is C8H12BrN3O2. The normalized spacial score (nSPS) is 12.6. The Kier molecular flexibility index (Phi) is 3.65. The number of anilines is 1. The van der Waals surface area contributed by atoms with Crippen LogP contribution in [-0.2, 0) is 0 Å². The number of halogens is 1. The summed E-state index contributed by atoms with van der Waals surface area (Å²) in [7, 11) is 1.77. The van der Waals surface area contributed by atoms with Crippen LogP contribution in [0.3, 0.4) is 0 Å². The van der Waals surface area contributed by atoms with E-state index in [1.807, 2.05) is 6.92 Å². The van der Waals surface area contributed by atoms with Crippen LogP contribution in [-0.4, -0.2) is 34.8 Å². The summed E-state index contributed by atoms with van der Waals surface area (Å²) in [6.45, 7) is 1.85. The maximum atomic E-state index is 11.2. The van der Waals surface area contributed by atoms with Gasteiger partial charge in [-0.25, -0.2) is 4.98 Å². The molecule has 0 bridgehead atoms. The van der Waals surface area contributed by atoms with E-state index >= 15 is 0 Å². The lowest BCUT2D eigenvalue weighted by Crippen LogP contribution is -2.33. The lowest BCUT2D eigenvalue weighted by atomic mass is 10.3. The Balaban J connectivity index is 3.07. The van der Waals surface area contributed by atoms with E-state index in [9.17, 15) is 4.79 Å². The van der Waals surface area contributed by atoms with Crippen LogP contribution in [0.5, 0.6) is 0 Å². The molecule has 1 heterocycles. The summed E-state index contributed by atoms with van der Waals surface area (Å²) >= 11 is 3.15. The van der Waals surface area contributed by atoms with Crippen molar-refractivity contribution in [1.82, 2.24) is 9.97 Å². The highest BCUT2D eigenvalue weighted by molar-refractivity contribution is 9.10. The van der Waals surface area contributed by atoms with Gasteiger partial charge in [-0.1, -0.05) is 0 Å². The molecule has 1 atom stereocenters. The minimum Gasteiger partial charge on any atom is -0.394 e. The predicted octanol–water partition coefficient (Wildman–Crippen LogP) is 0.349. The zero-order valence-corrected chi connectivity index (χ0v) is 9.58. The lowest BCUT2D eigenvalue weighted by molar-refractivity contribution is 0.269. The summed E-state index contributed by atoms with van der Waals surface area (Å²) in [6.07, 6.45) is 1.34. The van der Waals surface area contributed by atoms with Crippen LogP contribution >= 0.6 is 15.9 Å². The first-order valence-corrected chi connectivity index (χ1v) is 4.94. The summed E-state index contributed by atoms with van der Waals surface area (Å²) in [5.74, 6) is 0.523. The van der Waals surface area contributed by atoms with E-state index < -0.39 is 0 Å². The van der Waals surface area contributed by atoms with Crippen molar-refractivity contribution in [2.75, 3.05) is 18.6 Å². The average molecular weight is 262 g/mol. The molecular weight excluding hydrogens is 250 g/mol. The van der Waals surface area contributed by atoms with Crippen molar-refractivity contribution in [3.63, 3.8) is 0 Å². The van der Waals surface area contributed by atoms with Gasteiger partial charge in [-0.15, -0.1) is 0 Å². The molecule has 0 aliphatic carbocycles. The standard InChI is InChI=1S/C8H12BrN3O2/c1-5(3-13)12(2)7-6(9)8(14)11-4-10-7/h4-5,13H,3H2,1-2H3,(H,10,11,14). The second-order valence-electron chi connectivity index (χ2n) is 3.01. The molecule has 14 heavy (non-hydrogen) atoms. The Labute approximate surface area is 89.9 Å². The SMILES string of the molecule is CC(CO)N(C)c1nc[nH]c(=O)c1Br. The number of nitrogens with one attached hydrogen (secondary N) is 1. The number of aliphatic hydroxyl groups excluding tert-OH is 1. The highest BCUT2D eigenvalue weighted by atomic mass is 79.9. The molecule has 0 aliphatic heterocycles. The summed E-state index contributed by atoms with van der Waals surface area (Å²) in [6, 6.07) is -0.0828. The molecule has 0 radical (unpaired) electrons. The van der Waals surface area contributed by atoms with Crippen LogP contribution in [0.2, 0.25) is 0 Å². The molecule has 1 unspecified atom stereocenters. The second kappa shape index (κ2) is 4.56. The third kappa shape index (κ3) is 2.13. The molecule has 0 aromatic carbocycles. The van der Waals surface area contributed by atoms with Gasteiger partial charge in [-0.2, -0.15) is 0 Å². The molecule has 2 N–H and O–H groups in total. The molecule has 0 spiro atoms. The number of hydrogen-bond donors (Lipinski definition) is 2. The number of hydrogen-bond acceptors (Lipinski definition) is 4. The number of aromatic amines is 1. The third-order valence-corrected chi connectivity index (χ3v) is 2.75. The minimum atomic E-state index is -0.230. The summed E-state index contributed by atoms with van der Waals surface area (Å²) in [5, 5.41) is 8.96. The Bertz CT molecular complexity index is 366. The van der Waals surface area contributed by atoms with Crippen LogP contribution < -0.4 is 10.5 Å². The molecule has 0 fully saturated rings. The van der Waals surface area contributed by atoms with Gasteiger partial charge in [0.05, 0.1) is 19.0 Å². The molecule has 0 aliphatic rings. The Morgan fingerprint density at radius 1 is 1.79 bits per heavy atom. The molecule has 0 amide bonds. The van der Waals surface area contributed by atoms with Crippen LogP contribution in [0.1, 0.15) is 6.92 Å². The van der Waals surface area contributed by atoms with Gasteiger partial charge in [0.2, 0.25) is 0 Å². The Morgan fingerprint density at radius 3 is 3.00 bits per heavy atom. The molecule has 78 valence electrons. The summed E-state index contributed by atoms with van der Waals surface area (Å²) in [5.41, 5.74) is -0.230. The van der Waals surface area contributed by atoms with Crippen molar-refractivity contribution in [3.8, 4) is 0 Å². The number of likely N-dealkylation sites (N-methyl/N-ethyl adjacent to an activating group) is 1. The van der Waals surface area contributed by atoms with Crippen LogP contribution in [0.4, 0.5) is 5.82 Å². The second-order valence-corrected chi connectivity index (χ2v) is 3.80. The highest BCUT2D eigenvalue weighted by Crippen LogP contribution is 2.18. The molecule has 6 heteroatoms. The molecule has 1 aromatic heterocycles. The van der Waals surface area contributed by atoms with E-state index in [2.05, 4.69) is 25.9 Å². The van der Waals surface area contributed by atoms with Crippen molar-refractivity contribution in [3.05, 3.63) is 21.2 Å². The number of nitrogens with zero attached hydrogens (tertiary/aromatic N) is 2. The topological polar surface area (TPSA) is 69.2 Å². The van der Waals surface area contributed by atoms with Crippen molar-refractivity contribution in [2.24, 2.45) is 0 Å². The van der Waals surface area contributed by atoms with Gasteiger partial charge in [0.15, 0.2) is 0 Å². The predicted molar refractivity (Wildman–Crippen MR) is 57.5 cm³/mol. The Morgan fingerprint density at radius 2 is 2.43 bits per heavy atom. The smallest absolute Gasteiger partial charge is 0.267 e. The van der Waals surface area contributed by atoms with Gasteiger partial charge in [-0.3, -0.25) is 4.79 Å². The van der Waals surface area contributed by atoms with Crippen LogP contribution in [0.25, 0.3) is 0 Å². The largest absolute Gasteiger partial charge is 0.394 e. The van der Waals surface area contributed by atoms with Gasteiger partial charge in [0, 0.05) is 7.05 Å². The first-order valence-electron chi connectivity index (χ1n) is 4.14. The first-order chi connectivity index (χ1) is 6.57. The third-order valence-electron chi connectivity index (χ3n) is 2.04. The zero-order chi connectivity index (χ0) is 10.7. The van der Waals surface area contributed by atoms with E-state index in [0.29, 0.717) is 10.3 Å². The maximum absolute atomic E-state index is 11.2. The monoisotopic (exact) mass is 261 g/mol.